The van der Waals surface area contributed by atoms with Crippen molar-refractivity contribution in [3.63, 3.8) is 0 Å². The molecule has 1 aliphatic rings. The summed E-state index contributed by atoms with van der Waals surface area (Å²) in [6, 6.07) is -1.63. The molecule has 1 saturated heterocycles. The molecule has 0 saturated carbocycles. The van der Waals surface area contributed by atoms with Crippen LogP contribution in [-0.4, -0.2) is 64.7 Å². The third kappa shape index (κ3) is 9.14. The number of aliphatic carboxylic acids is 1. The molecule has 0 radical (unpaired) electrons. The van der Waals surface area contributed by atoms with Crippen LogP contribution in [0.3, 0.4) is 0 Å². The van der Waals surface area contributed by atoms with Crippen LogP contribution in [0.1, 0.15) is 67.7 Å². The molecule has 2 atom stereocenters. The molecule has 1 rings (SSSR count). The van der Waals surface area contributed by atoms with Gasteiger partial charge in [-0.15, -0.1) is 0 Å². The second-order valence-corrected chi connectivity index (χ2v) is 10.00. The van der Waals surface area contributed by atoms with Gasteiger partial charge in [0.05, 0.1) is 0 Å². The number of amides is 3. The highest BCUT2D eigenvalue weighted by atomic mass is 16.6. The molecule has 3 N–H and O–H groups in total. The lowest BCUT2D eigenvalue weighted by atomic mass is 9.93. The number of likely N-dealkylation sites (tertiary alicyclic amines) is 1. The number of carboxylic acids is 1. The number of hydrogen-bond donors (Lipinski definition) is 3. The summed E-state index contributed by atoms with van der Waals surface area (Å²) in [5, 5.41) is 14.6. The van der Waals surface area contributed by atoms with Crippen molar-refractivity contribution >= 4 is 23.9 Å². The molecule has 0 spiro atoms. The second kappa shape index (κ2) is 11.3. The van der Waals surface area contributed by atoms with Gasteiger partial charge in [0.2, 0.25) is 11.8 Å². The molecule has 1 heterocycles. The summed E-state index contributed by atoms with van der Waals surface area (Å²) < 4.78 is 5.27. The van der Waals surface area contributed by atoms with E-state index in [1.54, 1.807) is 25.7 Å². The average molecular weight is 442 g/mol. The average Bonchev–Trinajstić information content (AvgIpc) is 2.63. The smallest absolute Gasteiger partial charge is 0.408 e. The minimum Gasteiger partial charge on any atom is -0.480 e. The van der Waals surface area contributed by atoms with E-state index >= 15 is 0 Å². The number of hydrogen-bond acceptors (Lipinski definition) is 5. The Balaban J connectivity index is 2.66. The Morgan fingerprint density at radius 1 is 1.03 bits per heavy atom. The van der Waals surface area contributed by atoms with Crippen LogP contribution in [-0.2, 0) is 19.1 Å². The normalized spacial score (nSPS) is 17.3. The van der Waals surface area contributed by atoms with Crippen molar-refractivity contribution < 1.29 is 29.0 Å². The van der Waals surface area contributed by atoms with E-state index < -0.39 is 29.7 Å². The van der Waals surface area contributed by atoms with Crippen LogP contribution in [0, 0.1) is 17.8 Å². The molecule has 31 heavy (non-hydrogen) atoms. The summed E-state index contributed by atoms with van der Waals surface area (Å²) in [6.07, 6.45) is 0.620. The minimum atomic E-state index is -1.04. The number of carbonyl (C=O) groups is 4. The fourth-order valence-electron chi connectivity index (χ4n) is 3.49. The molecular formula is C22H39N3O6. The standard InChI is InChI=1S/C22H39N3O6/c1-13(2)12-16(20(28)29)23-18(26)15-8-10-25(11-9-15)19(27)17(14(3)4)24-21(30)31-22(5,6)7/h13-17H,8-12H2,1-7H3,(H,23,26)(H,24,30)(H,28,29)/t16-,17-/m0/s1. The maximum absolute atomic E-state index is 13.0. The first-order chi connectivity index (χ1) is 14.2. The number of carbonyl (C=O) groups excluding carboxylic acids is 3. The van der Waals surface area contributed by atoms with E-state index in [0.29, 0.717) is 32.4 Å². The number of ether oxygens (including phenoxy) is 1. The van der Waals surface area contributed by atoms with Crippen LogP contribution in [0.4, 0.5) is 4.79 Å². The van der Waals surface area contributed by atoms with Crippen molar-refractivity contribution in [2.75, 3.05) is 13.1 Å². The van der Waals surface area contributed by atoms with Gasteiger partial charge in [-0.2, -0.15) is 0 Å². The van der Waals surface area contributed by atoms with Crippen molar-refractivity contribution in [2.45, 2.75) is 85.4 Å². The summed E-state index contributed by atoms with van der Waals surface area (Å²) in [4.78, 5) is 50.7. The molecule has 9 nitrogen and oxygen atoms in total. The van der Waals surface area contributed by atoms with Crippen molar-refractivity contribution in [2.24, 2.45) is 17.8 Å². The number of nitrogens with zero attached hydrogens (tertiary/aromatic N) is 1. The maximum Gasteiger partial charge on any atom is 0.408 e. The summed E-state index contributed by atoms with van der Waals surface area (Å²) in [7, 11) is 0. The Labute approximate surface area is 185 Å². The van der Waals surface area contributed by atoms with Crippen molar-refractivity contribution in [1.82, 2.24) is 15.5 Å². The number of alkyl carbamates (subject to hydrolysis) is 1. The molecule has 9 heteroatoms. The molecular weight excluding hydrogens is 402 g/mol. The molecule has 0 bridgehead atoms. The summed E-state index contributed by atoms with van der Waals surface area (Å²) in [6.45, 7) is 13.5. The number of rotatable bonds is 8. The minimum absolute atomic E-state index is 0.131. The van der Waals surface area contributed by atoms with Crippen LogP contribution in [0.5, 0.6) is 0 Å². The zero-order valence-corrected chi connectivity index (χ0v) is 19.9. The zero-order chi connectivity index (χ0) is 23.9. The lowest BCUT2D eigenvalue weighted by Crippen LogP contribution is -2.54. The van der Waals surface area contributed by atoms with Gasteiger partial charge in [0.25, 0.3) is 0 Å². The van der Waals surface area contributed by atoms with Gasteiger partial charge in [0, 0.05) is 19.0 Å². The van der Waals surface area contributed by atoms with Gasteiger partial charge in [0.15, 0.2) is 0 Å². The predicted molar refractivity (Wildman–Crippen MR) is 116 cm³/mol. The molecule has 178 valence electrons. The highest BCUT2D eigenvalue weighted by Crippen LogP contribution is 2.20. The first-order valence-electron chi connectivity index (χ1n) is 11.0. The van der Waals surface area contributed by atoms with Crippen LogP contribution < -0.4 is 10.6 Å². The first-order valence-corrected chi connectivity index (χ1v) is 11.0. The van der Waals surface area contributed by atoms with Gasteiger partial charge in [-0.3, -0.25) is 9.59 Å². The van der Waals surface area contributed by atoms with Crippen LogP contribution in [0.2, 0.25) is 0 Å². The van der Waals surface area contributed by atoms with E-state index in [1.807, 2.05) is 27.7 Å². The van der Waals surface area contributed by atoms with E-state index in [-0.39, 0.29) is 29.6 Å². The third-order valence-electron chi connectivity index (χ3n) is 5.10. The molecule has 0 aromatic rings. The lowest BCUT2D eigenvalue weighted by molar-refractivity contribution is -0.143. The SMILES string of the molecule is CC(C)C[C@H](NC(=O)C1CCN(C(=O)[C@@H](NC(=O)OC(C)(C)C)C(C)C)CC1)C(=O)O. The second-order valence-electron chi connectivity index (χ2n) is 10.00. The van der Waals surface area contributed by atoms with Gasteiger partial charge >= 0.3 is 12.1 Å². The maximum atomic E-state index is 13.0. The molecule has 1 fully saturated rings. The lowest BCUT2D eigenvalue weighted by Gasteiger charge is -2.35. The van der Waals surface area contributed by atoms with Gasteiger partial charge in [-0.25, -0.2) is 9.59 Å². The van der Waals surface area contributed by atoms with Crippen molar-refractivity contribution in [3.05, 3.63) is 0 Å². The predicted octanol–water partition coefficient (Wildman–Crippen LogP) is 2.39. The molecule has 0 aromatic carbocycles. The van der Waals surface area contributed by atoms with Crippen molar-refractivity contribution in [1.29, 1.82) is 0 Å². The van der Waals surface area contributed by atoms with E-state index in [4.69, 9.17) is 4.74 Å². The van der Waals surface area contributed by atoms with Crippen LogP contribution in [0.15, 0.2) is 0 Å². The Morgan fingerprint density at radius 3 is 2.00 bits per heavy atom. The van der Waals surface area contributed by atoms with Gasteiger partial charge in [0.1, 0.15) is 17.7 Å². The Bertz CT molecular complexity index is 648. The summed E-state index contributed by atoms with van der Waals surface area (Å²) >= 11 is 0. The van der Waals surface area contributed by atoms with E-state index in [2.05, 4.69) is 10.6 Å². The molecule has 1 aliphatic heterocycles. The largest absolute Gasteiger partial charge is 0.480 e. The van der Waals surface area contributed by atoms with E-state index in [9.17, 15) is 24.3 Å². The Morgan fingerprint density at radius 2 is 1.58 bits per heavy atom. The van der Waals surface area contributed by atoms with Crippen molar-refractivity contribution in [3.8, 4) is 0 Å². The zero-order valence-electron chi connectivity index (χ0n) is 19.9. The van der Waals surface area contributed by atoms with Gasteiger partial charge < -0.3 is 25.4 Å². The van der Waals surface area contributed by atoms with Crippen LogP contribution in [0.25, 0.3) is 0 Å². The summed E-state index contributed by atoms with van der Waals surface area (Å²) in [5.74, 6) is -1.85. The molecule has 0 aromatic heterocycles. The number of nitrogens with one attached hydrogen (secondary N) is 2. The molecule has 0 aliphatic carbocycles. The van der Waals surface area contributed by atoms with E-state index in [1.165, 1.54) is 0 Å². The number of carboxylic acid groups (broad SMARTS) is 1. The highest BCUT2D eigenvalue weighted by Gasteiger charge is 2.34. The third-order valence-corrected chi connectivity index (χ3v) is 5.10. The first kappa shape index (κ1) is 26.7. The fourth-order valence-corrected chi connectivity index (χ4v) is 3.49. The monoisotopic (exact) mass is 441 g/mol. The Hall–Kier alpha value is -2.32. The Kier molecular flexibility index (Phi) is 9.77. The fraction of sp³-hybridized carbons (Fsp3) is 0.818. The van der Waals surface area contributed by atoms with Gasteiger partial charge in [-0.05, 0) is 51.9 Å². The number of piperidine rings is 1. The molecule has 3 amide bonds. The quantitative estimate of drug-likeness (QED) is 0.531. The topological polar surface area (TPSA) is 125 Å². The van der Waals surface area contributed by atoms with Crippen LogP contribution >= 0.6 is 0 Å². The molecule has 0 unspecified atom stereocenters. The van der Waals surface area contributed by atoms with E-state index in [0.717, 1.165) is 0 Å². The highest BCUT2D eigenvalue weighted by molar-refractivity contribution is 5.87. The van der Waals surface area contributed by atoms with Gasteiger partial charge in [-0.1, -0.05) is 27.7 Å². The summed E-state index contributed by atoms with van der Waals surface area (Å²) in [5.41, 5.74) is -0.663.